The lowest BCUT2D eigenvalue weighted by atomic mass is 9.86. The number of benzene rings is 1. The third kappa shape index (κ3) is 3.67. The van der Waals surface area contributed by atoms with Crippen LogP contribution >= 0.6 is 15.9 Å². The fraction of sp³-hybridized carbons (Fsp3) is 0.625. The van der Waals surface area contributed by atoms with Gasteiger partial charge in [-0.05, 0) is 46.4 Å². The first-order valence-electron chi connectivity index (χ1n) is 7.23. The summed E-state index contributed by atoms with van der Waals surface area (Å²) in [7, 11) is 1.71. The molecular weight excluding hydrogens is 316 g/mol. The number of ether oxygens (including phenoxy) is 1. The van der Waals surface area contributed by atoms with Crippen molar-refractivity contribution in [3.63, 3.8) is 0 Å². The Balaban J connectivity index is 2.22. The van der Waals surface area contributed by atoms with Crippen molar-refractivity contribution >= 4 is 21.6 Å². The second-order valence-corrected chi connectivity index (χ2v) is 7.35. The molecule has 0 amide bonds. The van der Waals surface area contributed by atoms with Gasteiger partial charge in [0.1, 0.15) is 5.75 Å². The lowest BCUT2D eigenvalue weighted by Gasteiger charge is -2.34. The van der Waals surface area contributed by atoms with Crippen molar-refractivity contribution in [1.29, 1.82) is 0 Å². The van der Waals surface area contributed by atoms with E-state index in [-0.39, 0.29) is 5.41 Å². The van der Waals surface area contributed by atoms with Crippen LogP contribution in [-0.2, 0) is 0 Å². The van der Waals surface area contributed by atoms with Gasteiger partial charge in [0.15, 0.2) is 0 Å². The zero-order chi connectivity index (χ0) is 14.8. The van der Waals surface area contributed by atoms with Gasteiger partial charge in [-0.3, -0.25) is 0 Å². The monoisotopic (exact) mass is 340 g/mol. The van der Waals surface area contributed by atoms with Crippen LogP contribution in [0, 0.1) is 5.41 Å². The molecule has 1 atom stereocenters. The zero-order valence-corrected chi connectivity index (χ0v) is 14.5. The van der Waals surface area contributed by atoms with E-state index < -0.39 is 0 Å². The van der Waals surface area contributed by atoms with E-state index in [9.17, 15) is 0 Å². The molecule has 1 N–H and O–H groups in total. The molecule has 0 aliphatic carbocycles. The van der Waals surface area contributed by atoms with Gasteiger partial charge >= 0.3 is 0 Å². The summed E-state index contributed by atoms with van der Waals surface area (Å²) >= 11 is 3.52. The lowest BCUT2D eigenvalue weighted by Crippen LogP contribution is -2.46. The van der Waals surface area contributed by atoms with Gasteiger partial charge < -0.3 is 15.0 Å². The zero-order valence-electron chi connectivity index (χ0n) is 12.9. The Labute approximate surface area is 130 Å². The van der Waals surface area contributed by atoms with Crippen LogP contribution in [0.4, 0.5) is 5.69 Å². The molecule has 0 bridgehead atoms. The van der Waals surface area contributed by atoms with Gasteiger partial charge in [0, 0.05) is 30.9 Å². The minimum Gasteiger partial charge on any atom is -0.495 e. The Morgan fingerprint density at radius 1 is 1.35 bits per heavy atom. The third-order valence-corrected chi connectivity index (χ3v) is 4.60. The minimum absolute atomic E-state index is 0.266. The molecule has 1 aromatic carbocycles. The van der Waals surface area contributed by atoms with E-state index in [2.05, 4.69) is 65.1 Å². The van der Waals surface area contributed by atoms with Crippen LogP contribution in [0.2, 0.25) is 0 Å². The molecule has 112 valence electrons. The second kappa shape index (κ2) is 6.35. The normalized spacial score (nSPS) is 20.6. The SMILES string of the molecule is COc1cc(N2CCCNC(C(C)(C)C)C2)ccc1Br. The van der Waals surface area contributed by atoms with Gasteiger partial charge in [-0.25, -0.2) is 0 Å². The third-order valence-electron chi connectivity index (χ3n) is 3.94. The van der Waals surface area contributed by atoms with Crippen molar-refractivity contribution in [2.75, 3.05) is 31.6 Å². The summed E-state index contributed by atoms with van der Waals surface area (Å²) in [5.41, 5.74) is 1.50. The van der Waals surface area contributed by atoms with Crippen LogP contribution in [0.25, 0.3) is 0 Å². The van der Waals surface area contributed by atoms with Gasteiger partial charge in [-0.2, -0.15) is 0 Å². The number of hydrogen-bond donors (Lipinski definition) is 1. The van der Waals surface area contributed by atoms with E-state index in [1.54, 1.807) is 7.11 Å². The van der Waals surface area contributed by atoms with Gasteiger partial charge in [-0.1, -0.05) is 20.8 Å². The first-order chi connectivity index (χ1) is 9.41. The summed E-state index contributed by atoms with van der Waals surface area (Å²) < 4.78 is 6.42. The van der Waals surface area contributed by atoms with Crippen molar-refractivity contribution in [2.45, 2.75) is 33.2 Å². The summed E-state index contributed by atoms with van der Waals surface area (Å²) in [5.74, 6) is 0.895. The summed E-state index contributed by atoms with van der Waals surface area (Å²) in [6.45, 7) is 10.1. The van der Waals surface area contributed by atoms with Crippen molar-refractivity contribution in [3.05, 3.63) is 22.7 Å². The largest absolute Gasteiger partial charge is 0.495 e. The molecule has 0 aromatic heterocycles. The average molecular weight is 341 g/mol. The van der Waals surface area contributed by atoms with Crippen molar-refractivity contribution < 1.29 is 4.74 Å². The molecule has 1 fully saturated rings. The van der Waals surface area contributed by atoms with E-state index in [1.807, 2.05) is 0 Å². The first-order valence-corrected chi connectivity index (χ1v) is 8.03. The molecule has 2 rings (SSSR count). The topological polar surface area (TPSA) is 24.5 Å². The molecule has 3 nitrogen and oxygen atoms in total. The maximum absolute atomic E-state index is 5.41. The highest BCUT2D eigenvalue weighted by Gasteiger charge is 2.28. The Kier molecular flexibility index (Phi) is 4.97. The van der Waals surface area contributed by atoms with Crippen LogP contribution in [0.3, 0.4) is 0 Å². The van der Waals surface area contributed by atoms with Gasteiger partial charge in [-0.15, -0.1) is 0 Å². The van der Waals surface area contributed by atoms with Crippen LogP contribution < -0.4 is 15.0 Å². The maximum atomic E-state index is 5.41. The summed E-state index contributed by atoms with van der Waals surface area (Å²) in [4.78, 5) is 2.46. The molecule has 0 radical (unpaired) electrons. The number of nitrogens with zero attached hydrogens (tertiary/aromatic N) is 1. The summed E-state index contributed by atoms with van der Waals surface area (Å²) in [5, 5.41) is 3.68. The van der Waals surface area contributed by atoms with Gasteiger partial charge in [0.25, 0.3) is 0 Å². The molecular formula is C16H25BrN2O. The molecule has 1 aliphatic rings. The summed E-state index contributed by atoms with van der Waals surface area (Å²) in [6, 6.07) is 6.85. The number of methoxy groups -OCH3 is 1. The highest BCUT2D eigenvalue weighted by Crippen LogP contribution is 2.31. The molecule has 4 heteroatoms. The van der Waals surface area contributed by atoms with Gasteiger partial charge in [0.05, 0.1) is 11.6 Å². The molecule has 1 aromatic rings. The molecule has 1 heterocycles. The van der Waals surface area contributed by atoms with E-state index in [1.165, 1.54) is 12.1 Å². The molecule has 1 saturated heterocycles. The predicted molar refractivity (Wildman–Crippen MR) is 88.8 cm³/mol. The predicted octanol–water partition coefficient (Wildman–Crippen LogP) is 3.67. The van der Waals surface area contributed by atoms with Crippen molar-refractivity contribution in [1.82, 2.24) is 5.32 Å². The smallest absolute Gasteiger partial charge is 0.135 e. The quantitative estimate of drug-likeness (QED) is 0.888. The Bertz CT molecular complexity index is 456. The molecule has 1 aliphatic heterocycles. The van der Waals surface area contributed by atoms with Crippen LogP contribution in [0.15, 0.2) is 22.7 Å². The molecule has 0 spiro atoms. The number of nitrogens with one attached hydrogen (secondary N) is 1. The first kappa shape index (κ1) is 15.6. The Morgan fingerprint density at radius 3 is 2.75 bits per heavy atom. The van der Waals surface area contributed by atoms with Crippen molar-refractivity contribution in [3.8, 4) is 5.75 Å². The lowest BCUT2D eigenvalue weighted by molar-refractivity contribution is 0.280. The fourth-order valence-corrected chi connectivity index (χ4v) is 2.99. The van der Waals surface area contributed by atoms with Crippen LogP contribution in [-0.4, -0.2) is 32.8 Å². The molecule has 20 heavy (non-hydrogen) atoms. The fourth-order valence-electron chi connectivity index (χ4n) is 2.58. The van der Waals surface area contributed by atoms with Crippen LogP contribution in [0.1, 0.15) is 27.2 Å². The number of rotatable bonds is 2. The molecule has 0 saturated carbocycles. The molecule has 1 unspecified atom stereocenters. The van der Waals surface area contributed by atoms with Crippen LogP contribution in [0.5, 0.6) is 5.75 Å². The highest BCUT2D eigenvalue weighted by molar-refractivity contribution is 9.10. The number of hydrogen-bond acceptors (Lipinski definition) is 3. The van der Waals surface area contributed by atoms with Crippen molar-refractivity contribution in [2.24, 2.45) is 5.41 Å². The highest BCUT2D eigenvalue weighted by atomic mass is 79.9. The van der Waals surface area contributed by atoms with E-state index >= 15 is 0 Å². The Morgan fingerprint density at radius 2 is 2.10 bits per heavy atom. The maximum Gasteiger partial charge on any atom is 0.135 e. The van der Waals surface area contributed by atoms with E-state index in [0.29, 0.717) is 6.04 Å². The number of halogens is 1. The number of anilines is 1. The summed E-state index contributed by atoms with van der Waals surface area (Å²) in [6.07, 6.45) is 1.17. The Hall–Kier alpha value is -0.740. The average Bonchev–Trinajstić information content (AvgIpc) is 2.64. The van der Waals surface area contributed by atoms with Gasteiger partial charge in [0.2, 0.25) is 0 Å². The minimum atomic E-state index is 0.266. The second-order valence-electron chi connectivity index (χ2n) is 6.49. The standard InChI is InChI=1S/C16H25BrN2O/c1-16(2,3)15-11-19(9-5-8-18-15)12-6-7-13(17)14(10-12)20-4/h6-7,10,15,18H,5,8-9,11H2,1-4H3. The van der Waals surface area contributed by atoms with E-state index in [0.717, 1.165) is 29.9 Å². The van der Waals surface area contributed by atoms with E-state index in [4.69, 9.17) is 4.74 Å².